The van der Waals surface area contributed by atoms with E-state index in [2.05, 4.69) is 6.08 Å². The van der Waals surface area contributed by atoms with Crippen LogP contribution in [0.25, 0.3) is 28.4 Å². The third-order valence-electron chi connectivity index (χ3n) is 7.10. The van der Waals surface area contributed by atoms with Gasteiger partial charge in [-0.05, 0) is 72.3 Å². The minimum Gasteiger partial charge on any atom is -0.495 e. The highest BCUT2D eigenvalue weighted by atomic mass is 16.5. The zero-order chi connectivity index (χ0) is 28.9. The predicted octanol–water partition coefficient (Wildman–Crippen LogP) is 7.58. The van der Waals surface area contributed by atoms with Crippen molar-refractivity contribution in [3.63, 3.8) is 0 Å². The number of benzene rings is 2. The summed E-state index contributed by atoms with van der Waals surface area (Å²) >= 11 is 0. The van der Waals surface area contributed by atoms with Gasteiger partial charge >= 0.3 is 0 Å². The summed E-state index contributed by atoms with van der Waals surface area (Å²) in [5, 5.41) is 0.366. The van der Waals surface area contributed by atoms with Gasteiger partial charge in [0.2, 0.25) is 5.43 Å². The van der Waals surface area contributed by atoms with E-state index in [0.717, 1.165) is 22.3 Å². The Morgan fingerprint density at radius 1 is 1.00 bits per heavy atom. The molecular formula is C33H36O7. The molecule has 0 N–H and O–H groups in total. The van der Waals surface area contributed by atoms with Crippen LogP contribution in [0.15, 0.2) is 50.7 Å². The molecule has 0 unspecified atom stereocenters. The SMILES string of the molecule is COc1cc2c(cc1OC)-c1oc3c(CC=C(C)C)c4c(c(OC)c3c(=O)c1[C@H](C=C(C)C)O2)C=CC(C)(C)O4. The van der Waals surface area contributed by atoms with Crippen LogP contribution in [0, 0.1) is 0 Å². The Hall–Kier alpha value is -4.13. The molecule has 3 aromatic rings. The number of ether oxygens (including phenoxy) is 5. The molecule has 0 saturated carbocycles. The van der Waals surface area contributed by atoms with E-state index in [0.29, 0.717) is 63.0 Å². The Balaban J connectivity index is 1.96. The van der Waals surface area contributed by atoms with Crippen LogP contribution in [0.4, 0.5) is 0 Å². The Morgan fingerprint density at radius 2 is 1.70 bits per heavy atom. The first-order chi connectivity index (χ1) is 19.0. The molecule has 0 aliphatic carbocycles. The van der Waals surface area contributed by atoms with Gasteiger partial charge in [-0.2, -0.15) is 0 Å². The van der Waals surface area contributed by atoms with Gasteiger partial charge in [-0.25, -0.2) is 0 Å². The van der Waals surface area contributed by atoms with E-state index in [9.17, 15) is 4.79 Å². The molecule has 2 aromatic carbocycles. The Bertz CT molecular complexity index is 1660. The maximum Gasteiger partial charge on any atom is 0.204 e. The van der Waals surface area contributed by atoms with E-state index < -0.39 is 11.7 Å². The zero-order valence-electron chi connectivity index (χ0n) is 24.6. The molecule has 1 aromatic heterocycles. The maximum absolute atomic E-state index is 14.6. The lowest BCUT2D eigenvalue weighted by Gasteiger charge is -2.32. The Kier molecular flexibility index (Phi) is 6.94. The molecule has 0 radical (unpaired) electrons. The van der Waals surface area contributed by atoms with E-state index in [4.69, 9.17) is 28.1 Å². The van der Waals surface area contributed by atoms with Crippen molar-refractivity contribution in [1.82, 2.24) is 0 Å². The average Bonchev–Trinajstić information content (AvgIpc) is 2.89. The summed E-state index contributed by atoms with van der Waals surface area (Å²) in [4.78, 5) is 14.6. The molecule has 5 rings (SSSR count). The molecule has 2 aliphatic rings. The summed E-state index contributed by atoms with van der Waals surface area (Å²) in [5.74, 6) is 3.05. The van der Waals surface area contributed by atoms with Gasteiger partial charge in [0, 0.05) is 11.6 Å². The minimum atomic E-state index is -0.668. The predicted molar refractivity (Wildman–Crippen MR) is 157 cm³/mol. The minimum absolute atomic E-state index is 0.212. The normalized spacial score (nSPS) is 16.1. The number of allylic oxidation sites excluding steroid dienone is 3. The number of hydrogen-bond acceptors (Lipinski definition) is 7. The van der Waals surface area contributed by atoms with Gasteiger partial charge in [0.1, 0.15) is 45.7 Å². The van der Waals surface area contributed by atoms with Crippen LogP contribution in [0.5, 0.6) is 28.7 Å². The van der Waals surface area contributed by atoms with E-state index in [-0.39, 0.29) is 5.43 Å². The standard InChI is InChI=1S/C33H36O7/c1-17(2)10-11-19-29-20(12-13-33(5,6)40-29)30(37-9)27-28(34)26-25(14-18(3)4)38-22-16-24(36-8)23(35-7)15-21(22)32(26)39-31(19)27/h10,12-16,25H,11H2,1-9H3/t25-/m0/s1. The van der Waals surface area contributed by atoms with Crippen LogP contribution >= 0.6 is 0 Å². The molecule has 7 heteroatoms. The molecule has 40 heavy (non-hydrogen) atoms. The van der Waals surface area contributed by atoms with E-state index >= 15 is 0 Å². The van der Waals surface area contributed by atoms with Crippen molar-refractivity contribution < 1.29 is 28.1 Å². The van der Waals surface area contributed by atoms with E-state index in [1.807, 2.05) is 59.8 Å². The highest BCUT2D eigenvalue weighted by Gasteiger charge is 2.36. The number of methoxy groups -OCH3 is 3. The molecule has 0 spiro atoms. The molecule has 1 atom stereocenters. The third kappa shape index (κ3) is 4.53. The molecular weight excluding hydrogens is 508 g/mol. The zero-order valence-corrected chi connectivity index (χ0v) is 24.6. The molecule has 0 bridgehead atoms. The second kappa shape index (κ2) is 10.1. The van der Waals surface area contributed by atoms with Crippen LogP contribution in [0.2, 0.25) is 0 Å². The number of hydrogen-bond donors (Lipinski definition) is 0. The fraction of sp³-hybridized carbons (Fsp3) is 0.364. The van der Waals surface area contributed by atoms with Gasteiger partial charge in [-0.15, -0.1) is 0 Å². The first-order valence-electron chi connectivity index (χ1n) is 13.3. The van der Waals surface area contributed by atoms with Crippen LogP contribution < -0.4 is 29.1 Å². The monoisotopic (exact) mass is 544 g/mol. The van der Waals surface area contributed by atoms with Crippen molar-refractivity contribution in [1.29, 1.82) is 0 Å². The van der Waals surface area contributed by atoms with Crippen molar-refractivity contribution in [2.24, 2.45) is 0 Å². The third-order valence-corrected chi connectivity index (χ3v) is 7.10. The van der Waals surface area contributed by atoms with Crippen molar-refractivity contribution in [3.8, 4) is 40.1 Å². The quantitative estimate of drug-likeness (QED) is 0.296. The fourth-order valence-electron chi connectivity index (χ4n) is 5.23. The summed E-state index contributed by atoms with van der Waals surface area (Å²) in [5.41, 5.74) is 4.34. The van der Waals surface area contributed by atoms with Crippen molar-refractivity contribution in [3.05, 3.63) is 68.4 Å². The van der Waals surface area contributed by atoms with Crippen LogP contribution in [0.1, 0.15) is 64.3 Å². The van der Waals surface area contributed by atoms with Crippen molar-refractivity contribution in [2.45, 2.75) is 59.7 Å². The topological polar surface area (TPSA) is 76.4 Å². The van der Waals surface area contributed by atoms with Crippen molar-refractivity contribution >= 4 is 17.0 Å². The van der Waals surface area contributed by atoms with Gasteiger partial charge in [-0.1, -0.05) is 17.2 Å². The van der Waals surface area contributed by atoms with Gasteiger partial charge in [-0.3, -0.25) is 4.79 Å². The van der Waals surface area contributed by atoms with Gasteiger partial charge in [0.15, 0.2) is 11.5 Å². The number of fused-ring (bicyclic) bond motifs is 5. The molecule has 7 nitrogen and oxygen atoms in total. The van der Waals surface area contributed by atoms with Gasteiger partial charge < -0.3 is 28.1 Å². The molecule has 0 saturated heterocycles. The lowest BCUT2D eigenvalue weighted by molar-refractivity contribution is 0.157. The van der Waals surface area contributed by atoms with Crippen LogP contribution in [-0.2, 0) is 6.42 Å². The average molecular weight is 545 g/mol. The van der Waals surface area contributed by atoms with E-state index in [1.165, 1.54) is 0 Å². The number of rotatable bonds is 6. The highest BCUT2D eigenvalue weighted by Crippen LogP contribution is 2.51. The summed E-state index contributed by atoms with van der Waals surface area (Å²) in [7, 11) is 4.70. The largest absolute Gasteiger partial charge is 0.495 e. The molecule has 0 amide bonds. The second-order valence-electron chi connectivity index (χ2n) is 11.1. The van der Waals surface area contributed by atoms with Gasteiger partial charge in [0.05, 0.1) is 38.0 Å². The maximum atomic E-state index is 14.6. The summed E-state index contributed by atoms with van der Waals surface area (Å²) < 4.78 is 36.7. The van der Waals surface area contributed by atoms with Gasteiger partial charge in [0.25, 0.3) is 0 Å². The molecule has 210 valence electrons. The first kappa shape index (κ1) is 27.4. The van der Waals surface area contributed by atoms with Crippen LogP contribution in [-0.4, -0.2) is 26.9 Å². The van der Waals surface area contributed by atoms with Crippen molar-refractivity contribution in [2.75, 3.05) is 21.3 Å². The first-order valence-corrected chi connectivity index (χ1v) is 13.3. The summed E-state index contributed by atoms with van der Waals surface area (Å²) in [6.07, 6.45) is 7.81. The lowest BCUT2D eigenvalue weighted by Crippen LogP contribution is -2.29. The molecule has 2 aliphatic heterocycles. The molecule has 0 fully saturated rings. The Labute approximate surface area is 234 Å². The molecule has 3 heterocycles. The van der Waals surface area contributed by atoms with E-state index in [1.54, 1.807) is 33.5 Å². The fourth-order valence-corrected chi connectivity index (χ4v) is 5.23. The smallest absolute Gasteiger partial charge is 0.204 e. The Morgan fingerprint density at radius 3 is 2.33 bits per heavy atom. The lowest BCUT2D eigenvalue weighted by atomic mass is 9.91. The summed E-state index contributed by atoms with van der Waals surface area (Å²) in [6.45, 7) is 12.0. The van der Waals surface area contributed by atoms with Crippen LogP contribution in [0.3, 0.4) is 0 Å². The highest BCUT2D eigenvalue weighted by molar-refractivity contribution is 5.96. The summed E-state index contributed by atoms with van der Waals surface area (Å²) in [6, 6.07) is 3.55. The second-order valence-corrected chi connectivity index (χ2v) is 11.1.